The topological polar surface area (TPSA) is 93.1 Å². The predicted molar refractivity (Wildman–Crippen MR) is 49.2 cm³/mol. The lowest BCUT2D eigenvalue weighted by molar-refractivity contribution is -0.253. The van der Waals surface area contributed by atoms with Crippen LogP contribution in [0, 0.1) is 0 Å². The standard InChI is InChI=1S/C9H12O6/c1-5(2)8(12)14-15-9(13)6(3)7(11)4-10/h7,10-11H,1,3-4H2,2H3. The fraction of sp³-hybridized carbons (Fsp3) is 0.333. The molecule has 0 radical (unpaired) electrons. The van der Waals surface area contributed by atoms with E-state index in [9.17, 15) is 9.59 Å². The first kappa shape index (κ1) is 13.3. The zero-order valence-electron chi connectivity index (χ0n) is 8.23. The van der Waals surface area contributed by atoms with Gasteiger partial charge in [-0.15, -0.1) is 0 Å². The summed E-state index contributed by atoms with van der Waals surface area (Å²) in [6.07, 6.45) is -1.44. The van der Waals surface area contributed by atoms with Crippen LogP contribution in [0.2, 0.25) is 0 Å². The quantitative estimate of drug-likeness (QED) is 0.373. The Labute approximate surface area is 86.3 Å². The van der Waals surface area contributed by atoms with Crippen LogP contribution in [-0.4, -0.2) is 34.9 Å². The van der Waals surface area contributed by atoms with Crippen molar-refractivity contribution < 1.29 is 29.6 Å². The number of rotatable bonds is 4. The van der Waals surface area contributed by atoms with E-state index in [0.717, 1.165) is 0 Å². The molecule has 0 spiro atoms. The number of aliphatic hydroxyl groups excluding tert-OH is 2. The molecule has 0 aromatic carbocycles. The van der Waals surface area contributed by atoms with Crippen molar-refractivity contribution >= 4 is 11.9 Å². The van der Waals surface area contributed by atoms with E-state index >= 15 is 0 Å². The van der Waals surface area contributed by atoms with Gasteiger partial charge >= 0.3 is 11.9 Å². The van der Waals surface area contributed by atoms with E-state index in [-0.39, 0.29) is 5.57 Å². The van der Waals surface area contributed by atoms with E-state index in [4.69, 9.17) is 10.2 Å². The van der Waals surface area contributed by atoms with Crippen molar-refractivity contribution in [2.75, 3.05) is 6.61 Å². The maximum atomic E-state index is 11.0. The summed E-state index contributed by atoms with van der Waals surface area (Å²) in [5.74, 6) is -2.04. The summed E-state index contributed by atoms with van der Waals surface area (Å²) in [6.45, 7) is 7.09. The van der Waals surface area contributed by atoms with Crippen molar-refractivity contribution in [3.8, 4) is 0 Å². The molecule has 0 fully saturated rings. The maximum absolute atomic E-state index is 11.0. The molecule has 0 amide bonds. The monoisotopic (exact) mass is 216 g/mol. The lowest BCUT2D eigenvalue weighted by Gasteiger charge is -2.08. The molecule has 0 bridgehead atoms. The number of carbonyl (C=O) groups is 2. The van der Waals surface area contributed by atoms with Crippen molar-refractivity contribution in [3.05, 3.63) is 24.3 Å². The fourth-order valence-corrected chi connectivity index (χ4v) is 0.447. The summed E-state index contributed by atoms with van der Waals surface area (Å²) < 4.78 is 0. The Bertz CT molecular complexity index is 293. The highest BCUT2D eigenvalue weighted by atomic mass is 17.2. The Balaban J connectivity index is 4.10. The van der Waals surface area contributed by atoms with Crippen molar-refractivity contribution in [1.82, 2.24) is 0 Å². The zero-order valence-corrected chi connectivity index (χ0v) is 8.23. The molecule has 0 saturated carbocycles. The van der Waals surface area contributed by atoms with Gasteiger partial charge in [-0.25, -0.2) is 19.4 Å². The molecular weight excluding hydrogens is 204 g/mol. The lowest BCUT2D eigenvalue weighted by Crippen LogP contribution is -2.23. The third-order valence-electron chi connectivity index (χ3n) is 1.38. The van der Waals surface area contributed by atoms with Crippen molar-refractivity contribution in [2.45, 2.75) is 13.0 Å². The second kappa shape index (κ2) is 5.94. The van der Waals surface area contributed by atoms with Gasteiger partial charge in [-0.1, -0.05) is 13.2 Å². The molecule has 0 saturated heterocycles. The van der Waals surface area contributed by atoms with Crippen molar-refractivity contribution in [3.63, 3.8) is 0 Å². The highest BCUT2D eigenvalue weighted by Crippen LogP contribution is 2.03. The molecule has 0 aliphatic carbocycles. The molecule has 0 heterocycles. The summed E-state index contributed by atoms with van der Waals surface area (Å²) in [7, 11) is 0. The first-order valence-corrected chi connectivity index (χ1v) is 3.96. The first-order valence-electron chi connectivity index (χ1n) is 3.96. The van der Waals surface area contributed by atoms with Crippen LogP contribution in [0.3, 0.4) is 0 Å². The molecule has 0 rings (SSSR count). The molecular formula is C9H12O6. The number of aliphatic hydroxyl groups is 2. The predicted octanol–water partition coefficient (Wildman–Crippen LogP) is -0.527. The smallest absolute Gasteiger partial charge is 0.384 e. The van der Waals surface area contributed by atoms with Gasteiger partial charge in [0.15, 0.2) is 0 Å². The molecule has 6 nitrogen and oxygen atoms in total. The Hall–Kier alpha value is -1.66. The largest absolute Gasteiger partial charge is 0.393 e. The molecule has 15 heavy (non-hydrogen) atoms. The van der Waals surface area contributed by atoms with Crippen LogP contribution in [0.25, 0.3) is 0 Å². The molecule has 84 valence electrons. The van der Waals surface area contributed by atoms with Crippen LogP contribution in [0.15, 0.2) is 24.3 Å². The third kappa shape index (κ3) is 4.39. The van der Waals surface area contributed by atoms with Crippen LogP contribution < -0.4 is 0 Å². The second-order valence-corrected chi connectivity index (χ2v) is 2.75. The van der Waals surface area contributed by atoms with Gasteiger partial charge in [0.05, 0.1) is 12.2 Å². The molecule has 1 atom stereocenters. The highest BCUT2D eigenvalue weighted by Gasteiger charge is 2.19. The second-order valence-electron chi connectivity index (χ2n) is 2.75. The molecule has 1 unspecified atom stereocenters. The summed E-state index contributed by atoms with van der Waals surface area (Å²) >= 11 is 0. The van der Waals surface area contributed by atoms with Crippen LogP contribution >= 0.6 is 0 Å². The zero-order chi connectivity index (χ0) is 12.0. The van der Waals surface area contributed by atoms with Crippen LogP contribution in [-0.2, 0) is 19.4 Å². The van der Waals surface area contributed by atoms with E-state index in [2.05, 4.69) is 22.9 Å². The number of hydrogen-bond donors (Lipinski definition) is 2. The number of carbonyl (C=O) groups excluding carboxylic acids is 2. The minimum absolute atomic E-state index is 0.0520. The van der Waals surface area contributed by atoms with E-state index in [1.807, 2.05) is 0 Å². The normalized spacial score (nSPS) is 11.4. The van der Waals surface area contributed by atoms with Gasteiger partial charge in [0.1, 0.15) is 6.10 Å². The fourth-order valence-electron chi connectivity index (χ4n) is 0.447. The van der Waals surface area contributed by atoms with Gasteiger partial charge in [-0.3, -0.25) is 0 Å². The first-order chi connectivity index (χ1) is 6.90. The Kier molecular flexibility index (Phi) is 5.29. The molecule has 0 aromatic heterocycles. The molecule has 2 N–H and O–H groups in total. The summed E-state index contributed by atoms with van der Waals surface area (Å²) in [5, 5.41) is 17.4. The summed E-state index contributed by atoms with van der Waals surface area (Å²) in [5.41, 5.74) is -0.358. The lowest BCUT2D eigenvalue weighted by atomic mass is 10.2. The van der Waals surface area contributed by atoms with Crippen LogP contribution in [0.1, 0.15) is 6.92 Å². The van der Waals surface area contributed by atoms with Gasteiger partial charge in [0.2, 0.25) is 0 Å². The highest BCUT2D eigenvalue weighted by molar-refractivity contribution is 5.90. The van der Waals surface area contributed by atoms with Crippen molar-refractivity contribution in [2.24, 2.45) is 0 Å². The van der Waals surface area contributed by atoms with E-state index in [1.54, 1.807) is 0 Å². The van der Waals surface area contributed by atoms with Crippen LogP contribution in [0.5, 0.6) is 0 Å². The van der Waals surface area contributed by atoms with Crippen molar-refractivity contribution in [1.29, 1.82) is 0 Å². The van der Waals surface area contributed by atoms with E-state index < -0.39 is 30.2 Å². The maximum Gasteiger partial charge on any atom is 0.384 e. The average molecular weight is 216 g/mol. The Morgan fingerprint density at radius 3 is 2.13 bits per heavy atom. The van der Waals surface area contributed by atoms with Crippen LogP contribution in [0.4, 0.5) is 0 Å². The molecule has 6 heteroatoms. The van der Waals surface area contributed by atoms with Gasteiger partial charge in [0, 0.05) is 5.57 Å². The van der Waals surface area contributed by atoms with Gasteiger partial charge < -0.3 is 10.2 Å². The average Bonchev–Trinajstić information content (AvgIpc) is 2.22. The minimum Gasteiger partial charge on any atom is -0.393 e. The molecule has 0 aliphatic rings. The number of hydrogen-bond acceptors (Lipinski definition) is 6. The SMILES string of the molecule is C=C(C)C(=O)OOC(=O)C(=C)C(O)CO. The minimum atomic E-state index is -1.44. The summed E-state index contributed by atoms with van der Waals surface area (Å²) in [6, 6.07) is 0. The Morgan fingerprint density at radius 1 is 1.27 bits per heavy atom. The van der Waals surface area contributed by atoms with Gasteiger partial charge in [-0.05, 0) is 6.92 Å². The molecule has 0 aromatic rings. The Morgan fingerprint density at radius 2 is 1.73 bits per heavy atom. The van der Waals surface area contributed by atoms with Gasteiger partial charge in [-0.2, -0.15) is 0 Å². The van der Waals surface area contributed by atoms with E-state index in [0.29, 0.717) is 0 Å². The molecule has 0 aliphatic heterocycles. The third-order valence-corrected chi connectivity index (χ3v) is 1.38. The summed E-state index contributed by atoms with van der Waals surface area (Å²) in [4.78, 5) is 29.8. The van der Waals surface area contributed by atoms with Gasteiger partial charge in [0.25, 0.3) is 0 Å². The van der Waals surface area contributed by atoms with E-state index in [1.165, 1.54) is 6.92 Å².